The van der Waals surface area contributed by atoms with Crippen LogP contribution in [0.4, 0.5) is 0 Å². The van der Waals surface area contributed by atoms with Crippen LogP contribution in [0.25, 0.3) is 0 Å². The van der Waals surface area contributed by atoms with E-state index >= 15 is 0 Å². The number of aliphatic hydroxyl groups excluding tert-OH is 1. The van der Waals surface area contributed by atoms with Gasteiger partial charge >= 0.3 is 11.9 Å². The molecule has 2 unspecified atom stereocenters. The number of esters is 2. The maximum absolute atomic E-state index is 10.9. The first-order valence-corrected chi connectivity index (χ1v) is 4.81. The van der Waals surface area contributed by atoms with Crippen LogP contribution in [0.15, 0.2) is 0 Å². The minimum Gasteiger partial charge on any atom is -0.393 e. The quantitative estimate of drug-likeness (QED) is 0.538. The number of aliphatic hydroxyl groups is 1. The number of hydrogen-bond acceptors (Lipinski definition) is 4. The number of hydrogen-bond donors (Lipinski definition) is 1. The Morgan fingerprint density at radius 3 is 2.36 bits per heavy atom. The van der Waals surface area contributed by atoms with Crippen LogP contribution in [-0.2, 0) is 14.3 Å². The highest BCUT2D eigenvalue weighted by molar-refractivity contribution is 5.83. The first-order chi connectivity index (χ1) is 6.41. The molecule has 0 fully saturated rings. The monoisotopic (exact) mass is 202 g/mol. The highest BCUT2D eigenvalue weighted by Crippen LogP contribution is 2.12. The van der Waals surface area contributed by atoms with Gasteiger partial charge < -0.3 is 9.84 Å². The Bertz CT molecular complexity index is 198. The van der Waals surface area contributed by atoms with Gasteiger partial charge in [-0.1, -0.05) is 6.92 Å². The molecule has 0 aliphatic carbocycles. The Balaban J connectivity index is 3.61. The smallest absolute Gasteiger partial charge is 0.313 e. The van der Waals surface area contributed by atoms with E-state index < -0.39 is 11.9 Å². The molecule has 0 aliphatic rings. The number of carbonyl (C=O) groups excluding carboxylic acids is 2. The van der Waals surface area contributed by atoms with Crippen LogP contribution in [0.3, 0.4) is 0 Å². The van der Waals surface area contributed by atoms with Crippen molar-refractivity contribution < 1.29 is 19.4 Å². The van der Waals surface area contributed by atoms with E-state index in [0.717, 1.165) is 0 Å². The summed E-state index contributed by atoms with van der Waals surface area (Å²) in [7, 11) is 0. The van der Waals surface area contributed by atoms with Crippen molar-refractivity contribution in [3.8, 4) is 0 Å². The van der Waals surface area contributed by atoms with Gasteiger partial charge in [-0.3, -0.25) is 9.59 Å². The van der Waals surface area contributed by atoms with Gasteiger partial charge in [0.25, 0.3) is 0 Å². The largest absolute Gasteiger partial charge is 0.393 e. The first kappa shape index (κ1) is 13.1. The lowest BCUT2D eigenvalue weighted by atomic mass is 9.99. The van der Waals surface area contributed by atoms with Crippen molar-refractivity contribution in [2.75, 3.05) is 0 Å². The molecule has 14 heavy (non-hydrogen) atoms. The van der Waals surface area contributed by atoms with Crippen LogP contribution < -0.4 is 0 Å². The van der Waals surface area contributed by atoms with E-state index in [0.29, 0.717) is 12.8 Å². The Morgan fingerprint density at radius 1 is 1.36 bits per heavy atom. The predicted molar refractivity (Wildman–Crippen MR) is 51.5 cm³/mol. The molecule has 4 nitrogen and oxygen atoms in total. The topological polar surface area (TPSA) is 63.6 Å². The summed E-state index contributed by atoms with van der Waals surface area (Å²) in [5.41, 5.74) is 0. The van der Waals surface area contributed by atoms with Gasteiger partial charge in [-0.2, -0.15) is 0 Å². The lowest BCUT2D eigenvalue weighted by molar-refractivity contribution is -0.158. The summed E-state index contributed by atoms with van der Waals surface area (Å²) in [4.78, 5) is 21.3. The lowest BCUT2D eigenvalue weighted by Gasteiger charge is -2.11. The Kier molecular flexibility index (Phi) is 6.12. The van der Waals surface area contributed by atoms with E-state index in [2.05, 4.69) is 4.74 Å². The third kappa shape index (κ3) is 7.73. The maximum Gasteiger partial charge on any atom is 0.313 e. The summed E-state index contributed by atoms with van der Waals surface area (Å²) < 4.78 is 4.37. The van der Waals surface area contributed by atoms with Crippen molar-refractivity contribution in [2.24, 2.45) is 5.92 Å². The molecule has 0 bridgehead atoms. The molecule has 0 rings (SSSR count). The van der Waals surface area contributed by atoms with Gasteiger partial charge in [0.2, 0.25) is 0 Å². The second-order valence-electron chi connectivity index (χ2n) is 3.69. The summed E-state index contributed by atoms with van der Waals surface area (Å²) in [6.07, 6.45) is 1.17. The van der Waals surface area contributed by atoms with E-state index in [1.54, 1.807) is 6.92 Å². The molecule has 0 aliphatic heterocycles. The van der Waals surface area contributed by atoms with Crippen molar-refractivity contribution in [1.82, 2.24) is 0 Å². The number of rotatable bonds is 5. The van der Waals surface area contributed by atoms with Crippen LogP contribution in [-0.4, -0.2) is 23.1 Å². The SMILES string of the molecule is CC(=O)OC(=O)CCC(C)CC(C)O. The molecule has 0 spiro atoms. The van der Waals surface area contributed by atoms with Crippen molar-refractivity contribution >= 4 is 11.9 Å². The Hall–Kier alpha value is -0.900. The molecule has 0 radical (unpaired) electrons. The van der Waals surface area contributed by atoms with Gasteiger partial charge in [-0.15, -0.1) is 0 Å². The molecule has 0 heterocycles. The van der Waals surface area contributed by atoms with E-state index in [-0.39, 0.29) is 18.4 Å². The zero-order valence-electron chi connectivity index (χ0n) is 8.95. The lowest BCUT2D eigenvalue weighted by Crippen LogP contribution is -2.12. The second-order valence-corrected chi connectivity index (χ2v) is 3.69. The summed E-state index contributed by atoms with van der Waals surface area (Å²) >= 11 is 0. The molecule has 0 aromatic heterocycles. The first-order valence-electron chi connectivity index (χ1n) is 4.81. The number of carbonyl (C=O) groups is 2. The molecule has 0 aromatic carbocycles. The minimum atomic E-state index is -0.571. The van der Waals surface area contributed by atoms with Crippen LogP contribution in [0.5, 0.6) is 0 Å². The molecule has 82 valence electrons. The molecular formula is C10H18O4. The van der Waals surface area contributed by atoms with Crippen molar-refractivity contribution in [3.63, 3.8) is 0 Å². The van der Waals surface area contributed by atoms with Crippen molar-refractivity contribution in [3.05, 3.63) is 0 Å². The third-order valence-electron chi connectivity index (χ3n) is 1.84. The average Bonchev–Trinajstić information content (AvgIpc) is 1.98. The fourth-order valence-electron chi connectivity index (χ4n) is 1.28. The van der Waals surface area contributed by atoms with Gasteiger partial charge in [0.15, 0.2) is 0 Å². The van der Waals surface area contributed by atoms with Gasteiger partial charge in [0.05, 0.1) is 6.10 Å². The van der Waals surface area contributed by atoms with Crippen LogP contribution in [0.1, 0.15) is 40.0 Å². The normalized spacial score (nSPS) is 14.6. The van der Waals surface area contributed by atoms with E-state index in [4.69, 9.17) is 5.11 Å². The fourth-order valence-corrected chi connectivity index (χ4v) is 1.28. The van der Waals surface area contributed by atoms with E-state index in [1.807, 2.05) is 6.92 Å². The summed E-state index contributed by atoms with van der Waals surface area (Å²) in [6, 6.07) is 0. The second kappa shape index (κ2) is 6.54. The fraction of sp³-hybridized carbons (Fsp3) is 0.800. The van der Waals surface area contributed by atoms with Crippen molar-refractivity contribution in [1.29, 1.82) is 0 Å². The molecule has 2 atom stereocenters. The standard InChI is InChI=1S/C10H18O4/c1-7(6-8(2)11)4-5-10(13)14-9(3)12/h7-8,11H,4-6H2,1-3H3. The zero-order valence-corrected chi connectivity index (χ0v) is 8.95. The molecule has 4 heteroatoms. The van der Waals surface area contributed by atoms with E-state index in [1.165, 1.54) is 6.92 Å². The van der Waals surface area contributed by atoms with Gasteiger partial charge in [-0.25, -0.2) is 0 Å². The molecular weight excluding hydrogens is 184 g/mol. The molecule has 0 aromatic rings. The Labute approximate surface area is 84.3 Å². The highest BCUT2D eigenvalue weighted by atomic mass is 16.6. The van der Waals surface area contributed by atoms with Gasteiger partial charge in [0.1, 0.15) is 0 Å². The minimum absolute atomic E-state index is 0.230. The summed E-state index contributed by atoms with van der Waals surface area (Å²) in [5, 5.41) is 9.06. The van der Waals surface area contributed by atoms with E-state index in [9.17, 15) is 9.59 Å². The molecule has 0 saturated carbocycles. The Morgan fingerprint density at radius 2 is 1.93 bits per heavy atom. The molecule has 0 amide bonds. The highest BCUT2D eigenvalue weighted by Gasteiger charge is 2.11. The summed E-state index contributed by atoms with van der Waals surface area (Å²) in [5.74, 6) is -0.803. The average molecular weight is 202 g/mol. The zero-order chi connectivity index (χ0) is 11.1. The predicted octanol–water partition coefficient (Wildman–Crippen LogP) is 1.26. The molecule has 0 saturated heterocycles. The van der Waals surface area contributed by atoms with Gasteiger partial charge in [0, 0.05) is 13.3 Å². The third-order valence-corrected chi connectivity index (χ3v) is 1.84. The maximum atomic E-state index is 10.9. The summed E-state index contributed by atoms with van der Waals surface area (Å²) in [6.45, 7) is 4.87. The van der Waals surface area contributed by atoms with Gasteiger partial charge in [-0.05, 0) is 25.7 Å². The molecule has 1 N–H and O–H groups in total. The van der Waals surface area contributed by atoms with Crippen LogP contribution in [0, 0.1) is 5.92 Å². The number of ether oxygens (including phenoxy) is 1. The van der Waals surface area contributed by atoms with Crippen LogP contribution in [0.2, 0.25) is 0 Å². The van der Waals surface area contributed by atoms with Crippen LogP contribution >= 0.6 is 0 Å². The van der Waals surface area contributed by atoms with Crippen molar-refractivity contribution in [2.45, 2.75) is 46.1 Å².